The molecule has 25 heavy (non-hydrogen) atoms. The maximum atomic E-state index is 11.4. The molecule has 0 aromatic heterocycles. The highest BCUT2D eigenvalue weighted by Gasteiger charge is 2.08. The second kappa shape index (κ2) is 9.04. The monoisotopic (exact) mass is 404 g/mol. The van der Waals surface area contributed by atoms with E-state index in [1.54, 1.807) is 0 Å². The first kappa shape index (κ1) is 19.5. The molecule has 0 aliphatic rings. The van der Waals surface area contributed by atoms with Gasteiger partial charge in [-0.25, -0.2) is 4.79 Å². The molecule has 0 heterocycles. The Labute approximate surface area is 158 Å². The predicted molar refractivity (Wildman–Crippen MR) is 104 cm³/mol. The van der Waals surface area contributed by atoms with E-state index in [-0.39, 0.29) is 5.97 Å². The first-order valence-electron chi connectivity index (χ1n) is 8.47. The zero-order chi connectivity index (χ0) is 18.4. The number of rotatable bonds is 7. The fourth-order valence-electron chi connectivity index (χ4n) is 2.65. The molecule has 4 heteroatoms. The summed E-state index contributed by atoms with van der Waals surface area (Å²) in [6.07, 6.45) is 2.00. The summed E-state index contributed by atoms with van der Waals surface area (Å²) in [5.74, 6) is 1.07. The molecule has 1 atom stereocenters. The van der Waals surface area contributed by atoms with E-state index in [2.05, 4.69) is 48.8 Å². The summed E-state index contributed by atoms with van der Waals surface area (Å²) in [5, 5.41) is 0. The highest BCUT2D eigenvalue weighted by molar-refractivity contribution is 9.10. The minimum Gasteiger partial charge on any atom is -0.493 e. The number of carbonyl (C=O) groups excluding carboxylic acids is 1. The van der Waals surface area contributed by atoms with E-state index in [4.69, 9.17) is 9.47 Å². The van der Waals surface area contributed by atoms with Crippen LogP contribution in [0.2, 0.25) is 0 Å². The zero-order valence-corrected chi connectivity index (χ0v) is 16.9. The van der Waals surface area contributed by atoms with E-state index in [9.17, 15) is 4.79 Å². The van der Waals surface area contributed by atoms with E-state index >= 15 is 0 Å². The maximum Gasteiger partial charge on any atom is 0.337 e. The molecule has 0 saturated heterocycles. The van der Waals surface area contributed by atoms with Crippen LogP contribution in [0.25, 0.3) is 0 Å². The average molecular weight is 405 g/mol. The molecule has 0 N–H and O–H groups in total. The van der Waals surface area contributed by atoms with Crippen molar-refractivity contribution in [1.29, 1.82) is 0 Å². The van der Waals surface area contributed by atoms with Crippen LogP contribution >= 0.6 is 15.9 Å². The van der Waals surface area contributed by atoms with Crippen molar-refractivity contribution in [2.24, 2.45) is 5.92 Å². The molecule has 0 spiro atoms. The molecule has 3 nitrogen and oxygen atoms in total. The van der Waals surface area contributed by atoms with Gasteiger partial charge in [0, 0.05) is 4.47 Å². The molecule has 1 unspecified atom stereocenters. The van der Waals surface area contributed by atoms with Crippen LogP contribution in [0.1, 0.15) is 40.4 Å². The van der Waals surface area contributed by atoms with Gasteiger partial charge in [0.1, 0.15) is 5.75 Å². The fourth-order valence-corrected chi connectivity index (χ4v) is 2.88. The van der Waals surface area contributed by atoms with Crippen molar-refractivity contribution in [2.75, 3.05) is 13.7 Å². The van der Waals surface area contributed by atoms with E-state index in [0.29, 0.717) is 18.1 Å². The second-order valence-corrected chi connectivity index (χ2v) is 7.31. The van der Waals surface area contributed by atoms with E-state index < -0.39 is 0 Å². The van der Waals surface area contributed by atoms with Crippen molar-refractivity contribution in [3.8, 4) is 5.75 Å². The molecule has 2 aromatic carbocycles. The Morgan fingerprint density at radius 1 is 1.12 bits per heavy atom. The van der Waals surface area contributed by atoms with E-state index in [0.717, 1.165) is 23.1 Å². The molecular weight excluding hydrogens is 380 g/mol. The number of esters is 1. The molecule has 0 amide bonds. The van der Waals surface area contributed by atoms with Gasteiger partial charge in [0.25, 0.3) is 0 Å². The number of aryl methyl sites for hydroxylation is 3. The summed E-state index contributed by atoms with van der Waals surface area (Å²) in [4.78, 5) is 11.4. The minimum atomic E-state index is -0.298. The third kappa shape index (κ3) is 5.60. The van der Waals surface area contributed by atoms with E-state index in [1.807, 2.05) is 24.3 Å². The molecular formula is C21H25BrO3. The largest absolute Gasteiger partial charge is 0.493 e. The molecule has 0 radical (unpaired) electrons. The van der Waals surface area contributed by atoms with Gasteiger partial charge < -0.3 is 9.47 Å². The third-order valence-corrected chi connectivity index (χ3v) is 5.50. The highest BCUT2D eigenvalue weighted by Crippen LogP contribution is 2.26. The average Bonchev–Trinajstić information content (AvgIpc) is 2.62. The van der Waals surface area contributed by atoms with Crippen molar-refractivity contribution in [1.82, 2.24) is 0 Å². The summed E-state index contributed by atoms with van der Waals surface area (Å²) in [6, 6.07) is 11.7. The number of hydrogen-bond acceptors (Lipinski definition) is 3. The summed E-state index contributed by atoms with van der Waals surface area (Å²) in [7, 11) is 1.40. The van der Waals surface area contributed by atoms with Crippen molar-refractivity contribution < 1.29 is 14.3 Å². The number of halogens is 1. The lowest BCUT2D eigenvalue weighted by atomic mass is 10.0. The summed E-state index contributed by atoms with van der Waals surface area (Å²) < 4.78 is 11.8. The predicted octanol–water partition coefficient (Wildman–Crippen LogP) is 5.50. The normalized spacial score (nSPS) is 11.9. The fraction of sp³-hybridized carbons (Fsp3) is 0.381. The maximum absolute atomic E-state index is 11.4. The van der Waals surface area contributed by atoms with Crippen molar-refractivity contribution >= 4 is 21.9 Å². The number of hydrogen-bond donors (Lipinski definition) is 0. The SMILES string of the molecule is COC(=O)c1ccc(CCC(C)COc2cc(C)c(Br)c(C)c2)cc1. The number of methoxy groups -OCH3 is 1. The summed E-state index contributed by atoms with van der Waals surface area (Å²) >= 11 is 3.58. The van der Waals surface area contributed by atoms with Crippen molar-refractivity contribution in [3.63, 3.8) is 0 Å². The highest BCUT2D eigenvalue weighted by atomic mass is 79.9. The molecule has 134 valence electrons. The number of carbonyl (C=O) groups is 1. The summed E-state index contributed by atoms with van der Waals surface area (Å²) in [5.41, 5.74) is 4.18. The Morgan fingerprint density at radius 2 is 1.72 bits per heavy atom. The van der Waals surface area contributed by atoms with Gasteiger partial charge in [-0.1, -0.05) is 35.0 Å². The van der Waals surface area contributed by atoms with Crippen LogP contribution in [-0.4, -0.2) is 19.7 Å². The van der Waals surface area contributed by atoms with Gasteiger partial charge in [-0.05, 0) is 73.6 Å². The molecule has 2 rings (SSSR count). The van der Waals surface area contributed by atoms with Crippen LogP contribution < -0.4 is 4.74 Å². The summed E-state index contributed by atoms with van der Waals surface area (Å²) in [6.45, 7) is 7.04. The van der Waals surface area contributed by atoms with Gasteiger partial charge in [0.05, 0.1) is 19.3 Å². The van der Waals surface area contributed by atoms with Gasteiger partial charge in [-0.3, -0.25) is 0 Å². The Hall–Kier alpha value is -1.81. The van der Waals surface area contributed by atoms with Crippen LogP contribution in [0.5, 0.6) is 5.75 Å². The second-order valence-electron chi connectivity index (χ2n) is 6.51. The van der Waals surface area contributed by atoms with Crippen molar-refractivity contribution in [3.05, 3.63) is 63.1 Å². The lowest BCUT2D eigenvalue weighted by Crippen LogP contribution is -2.10. The minimum absolute atomic E-state index is 0.298. The molecule has 0 aliphatic carbocycles. The first-order valence-corrected chi connectivity index (χ1v) is 9.26. The van der Waals surface area contributed by atoms with E-state index in [1.165, 1.54) is 23.8 Å². The molecule has 0 saturated carbocycles. The lowest BCUT2D eigenvalue weighted by Gasteiger charge is -2.15. The Balaban J connectivity index is 1.82. The van der Waals surface area contributed by atoms with Crippen LogP contribution in [0, 0.1) is 19.8 Å². The van der Waals surface area contributed by atoms with Gasteiger partial charge in [-0.2, -0.15) is 0 Å². The number of ether oxygens (including phenoxy) is 2. The first-order chi connectivity index (χ1) is 11.9. The number of benzene rings is 2. The molecule has 0 bridgehead atoms. The standard InChI is InChI=1S/C21H25BrO3/c1-14(13-25-19-11-15(2)20(22)16(3)12-19)5-6-17-7-9-18(10-8-17)21(23)24-4/h7-12,14H,5-6,13H2,1-4H3. The Bertz CT molecular complexity index is 699. The smallest absolute Gasteiger partial charge is 0.337 e. The van der Waals surface area contributed by atoms with Crippen LogP contribution in [-0.2, 0) is 11.2 Å². The Morgan fingerprint density at radius 3 is 2.28 bits per heavy atom. The zero-order valence-electron chi connectivity index (χ0n) is 15.3. The van der Waals surface area contributed by atoms with Gasteiger partial charge in [0.15, 0.2) is 0 Å². The molecule has 0 fully saturated rings. The lowest BCUT2D eigenvalue weighted by molar-refractivity contribution is 0.0600. The Kier molecular flexibility index (Phi) is 7.06. The quantitative estimate of drug-likeness (QED) is 0.571. The van der Waals surface area contributed by atoms with Crippen molar-refractivity contribution in [2.45, 2.75) is 33.6 Å². The van der Waals surface area contributed by atoms with Gasteiger partial charge >= 0.3 is 5.97 Å². The van der Waals surface area contributed by atoms with Gasteiger partial charge in [-0.15, -0.1) is 0 Å². The third-order valence-electron chi connectivity index (χ3n) is 4.25. The van der Waals surface area contributed by atoms with Crippen LogP contribution in [0.4, 0.5) is 0 Å². The molecule has 2 aromatic rings. The van der Waals surface area contributed by atoms with Gasteiger partial charge in [0.2, 0.25) is 0 Å². The molecule has 0 aliphatic heterocycles. The van der Waals surface area contributed by atoms with Crippen LogP contribution in [0.3, 0.4) is 0 Å². The topological polar surface area (TPSA) is 35.5 Å². The van der Waals surface area contributed by atoms with Crippen LogP contribution in [0.15, 0.2) is 40.9 Å².